The number of nitrogens with one attached hydrogen (secondary N) is 1. The average Bonchev–Trinajstić information content (AvgIpc) is 3.37. The minimum absolute atomic E-state index is 0.0738. The van der Waals surface area contributed by atoms with E-state index in [4.69, 9.17) is 9.47 Å². The van der Waals surface area contributed by atoms with E-state index in [9.17, 15) is 9.59 Å². The Balaban J connectivity index is 1.67. The minimum atomic E-state index is -0.516. The number of hydrogen-bond acceptors (Lipinski definition) is 5. The number of hydrogen-bond donors (Lipinski definition) is 1. The molecule has 0 radical (unpaired) electrons. The molecule has 1 N–H and O–H groups in total. The van der Waals surface area contributed by atoms with Crippen LogP contribution in [0.1, 0.15) is 38.3 Å². The lowest BCUT2D eigenvalue weighted by Crippen LogP contribution is -2.48. The van der Waals surface area contributed by atoms with Crippen molar-refractivity contribution in [2.45, 2.75) is 18.5 Å². The molecule has 1 aromatic heterocycles. The molecule has 1 aliphatic heterocycles. The standard InChI is InChI=1S/C25H26N2O4S/c1-30-14-13-27-23(21-8-5-15-32-21)22(19-6-3-4-7-20(19)25(27)29)24(28)26-16-17-9-11-18(31-2)12-10-17/h3-12,15,22-23H,13-14,16H2,1-2H3,(H,26,28)/t22-,23-/m0/s1. The maximum absolute atomic E-state index is 13.6. The van der Waals surface area contributed by atoms with E-state index >= 15 is 0 Å². The van der Waals surface area contributed by atoms with Crippen LogP contribution in [-0.2, 0) is 16.1 Å². The van der Waals surface area contributed by atoms with E-state index in [-0.39, 0.29) is 17.9 Å². The fourth-order valence-corrected chi connectivity index (χ4v) is 5.00. The Morgan fingerprint density at radius 2 is 1.84 bits per heavy atom. The van der Waals surface area contributed by atoms with Gasteiger partial charge in [0.25, 0.3) is 5.91 Å². The second-order valence-corrected chi connectivity index (χ2v) is 8.56. The lowest BCUT2D eigenvalue weighted by atomic mass is 9.81. The summed E-state index contributed by atoms with van der Waals surface area (Å²) in [5.41, 5.74) is 2.31. The van der Waals surface area contributed by atoms with Crippen LogP contribution in [-0.4, -0.2) is 44.1 Å². The van der Waals surface area contributed by atoms with Gasteiger partial charge in [-0.25, -0.2) is 0 Å². The van der Waals surface area contributed by atoms with Crippen LogP contribution in [0.2, 0.25) is 0 Å². The van der Waals surface area contributed by atoms with E-state index in [1.165, 1.54) is 0 Å². The number of nitrogens with zero attached hydrogens (tertiary/aromatic N) is 1. The summed E-state index contributed by atoms with van der Waals surface area (Å²) >= 11 is 1.55. The van der Waals surface area contributed by atoms with Crippen LogP contribution in [0.15, 0.2) is 66.0 Å². The monoisotopic (exact) mass is 450 g/mol. The second-order valence-electron chi connectivity index (χ2n) is 7.58. The summed E-state index contributed by atoms with van der Waals surface area (Å²) in [6.45, 7) is 1.20. The molecule has 1 aliphatic rings. The number of methoxy groups -OCH3 is 2. The van der Waals surface area contributed by atoms with E-state index in [1.807, 2.05) is 60.0 Å². The van der Waals surface area contributed by atoms with Gasteiger partial charge in [0.15, 0.2) is 0 Å². The lowest BCUT2D eigenvalue weighted by Gasteiger charge is -2.41. The Hall–Kier alpha value is -3.16. The highest BCUT2D eigenvalue weighted by Gasteiger charge is 2.44. The Bertz CT molecular complexity index is 1070. The summed E-state index contributed by atoms with van der Waals surface area (Å²) in [7, 11) is 3.24. The van der Waals surface area contributed by atoms with Gasteiger partial charge < -0.3 is 19.7 Å². The predicted octanol–water partition coefficient (Wildman–Crippen LogP) is 4.00. The van der Waals surface area contributed by atoms with Gasteiger partial charge in [-0.15, -0.1) is 11.3 Å². The van der Waals surface area contributed by atoms with Crippen molar-refractivity contribution < 1.29 is 19.1 Å². The van der Waals surface area contributed by atoms with Crippen molar-refractivity contribution in [1.29, 1.82) is 0 Å². The summed E-state index contributed by atoms with van der Waals surface area (Å²) < 4.78 is 10.5. The van der Waals surface area contributed by atoms with E-state index in [0.717, 1.165) is 21.8 Å². The predicted molar refractivity (Wildman–Crippen MR) is 124 cm³/mol. The maximum Gasteiger partial charge on any atom is 0.254 e. The number of benzene rings is 2. The van der Waals surface area contributed by atoms with Crippen LogP contribution >= 0.6 is 11.3 Å². The third-order valence-corrected chi connectivity index (χ3v) is 6.66. The van der Waals surface area contributed by atoms with Crippen LogP contribution in [0.3, 0.4) is 0 Å². The van der Waals surface area contributed by atoms with Crippen molar-refractivity contribution in [3.05, 3.63) is 87.6 Å². The van der Waals surface area contributed by atoms with Crippen molar-refractivity contribution in [1.82, 2.24) is 10.2 Å². The van der Waals surface area contributed by atoms with Crippen molar-refractivity contribution in [2.24, 2.45) is 0 Å². The normalized spacial score (nSPS) is 17.7. The van der Waals surface area contributed by atoms with Gasteiger partial charge >= 0.3 is 0 Å². The molecule has 2 aromatic carbocycles. The zero-order valence-electron chi connectivity index (χ0n) is 18.1. The number of fused-ring (bicyclic) bond motifs is 1. The van der Waals surface area contributed by atoms with Crippen molar-refractivity contribution >= 4 is 23.2 Å². The second kappa shape index (κ2) is 9.97. The molecule has 0 aliphatic carbocycles. The Kier molecular flexibility index (Phi) is 6.87. The molecular formula is C25H26N2O4S. The quantitative estimate of drug-likeness (QED) is 0.563. The summed E-state index contributed by atoms with van der Waals surface area (Å²) in [6.07, 6.45) is 0. The molecule has 0 saturated heterocycles. The molecule has 2 atom stereocenters. The summed E-state index contributed by atoms with van der Waals surface area (Å²) in [4.78, 5) is 29.7. The van der Waals surface area contributed by atoms with Gasteiger partial charge in [0, 0.05) is 30.6 Å². The molecule has 0 unspecified atom stereocenters. The smallest absolute Gasteiger partial charge is 0.254 e. The van der Waals surface area contributed by atoms with Crippen molar-refractivity contribution in [3.63, 3.8) is 0 Å². The zero-order chi connectivity index (χ0) is 22.5. The first-order valence-corrected chi connectivity index (χ1v) is 11.3. The molecule has 2 amide bonds. The molecule has 4 rings (SSSR count). The van der Waals surface area contributed by atoms with E-state index in [1.54, 1.807) is 36.5 Å². The number of rotatable bonds is 8. The maximum atomic E-state index is 13.6. The van der Waals surface area contributed by atoms with Gasteiger partial charge in [-0.2, -0.15) is 0 Å². The van der Waals surface area contributed by atoms with Crippen LogP contribution in [0.25, 0.3) is 0 Å². The molecule has 3 aromatic rings. The molecule has 6 nitrogen and oxygen atoms in total. The molecular weight excluding hydrogens is 424 g/mol. The number of thiophene rings is 1. The van der Waals surface area contributed by atoms with Crippen LogP contribution in [0.4, 0.5) is 0 Å². The average molecular weight is 451 g/mol. The molecule has 0 saturated carbocycles. The van der Waals surface area contributed by atoms with Gasteiger partial charge in [0.05, 0.1) is 25.7 Å². The first-order valence-electron chi connectivity index (χ1n) is 10.5. The third-order valence-electron chi connectivity index (χ3n) is 5.72. The highest BCUT2D eigenvalue weighted by Crippen LogP contribution is 2.44. The summed E-state index contributed by atoms with van der Waals surface area (Å²) in [5.74, 6) is 0.0702. The third kappa shape index (κ3) is 4.40. The fourth-order valence-electron chi connectivity index (χ4n) is 4.13. The Labute approximate surface area is 191 Å². The van der Waals surface area contributed by atoms with Crippen molar-refractivity contribution in [2.75, 3.05) is 27.4 Å². The topological polar surface area (TPSA) is 67.9 Å². The molecule has 0 fully saturated rings. The SMILES string of the molecule is COCCN1C(=O)c2ccccc2[C@H](C(=O)NCc2ccc(OC)cc2)[C@@H]1c1cccs1. The first-order chi connectivity index (χ1) is 15.6. The van der Waals surface area contributed by atoms with E-state index in [2.05, 4.69) is 5.32 Å². The Morgan fingerprint density at radius 3 is 2.53 bits per heavy atom. The summed E-state index contributed by atoms with van der Waals surface area (Å²) in [5, 5.41) is 5.06. The highest BCUT2D eigenvalue weighted by atomic mass is 32.1. The molecule has 32 heavy (non-hydrogen) atoms. The number of amides is 2. The zero-order valence-corrected chi connectivity index (χ0v) is 18.9. The van der Waals surface area contributed by atoms with Gasteiger partial charge in [0.2, 0.25) is 5.91 Å². The number of carbonyl (C=O) groups is 2. The van der Waals surface area contributed by atoms with Crippen molar-refractivity contribution in [3.8, 4) is 5.75 Å². The number of carbonyl (C=O) groups excluding carboxylic acids is 2. The molecule has 7 heteroatoms. The van der Waals surface area contributed by atoms with Crippen LogP contribution < -0.4 is 10.1 Å². The largest absolute Gasteiger partial charge is 0.497 e. The highest BCUT2D eigenvalue weighted by molar-refractivity contribution is 7.10. The molecule has 0 bridgehead atoms. The van der Waals surface area contributed by atoms with Gasteiger partial charge in [-0.3, -0.25) is 9.59 Å². The molecule has 0 spiro atoms. The molecule has 166 valence electrons. The first kappa shape index (κ1) is 22.0. The van der Waals surface area contributed by atoms with Crippen LogP contribution in [0.5, 0.6) is 5.75 Å². The minimum Gasteiger partial charge on any atom is -0.497 e. The molecule has 2 heterocycles. The van der Waals surface area contributed by atoms with Crippen LogP contribution in [0, 0.1) is 0 Å². The Morgan fingerprint density at radius 1 is 1.06 bits per heavy atom. The van der Waals surface area contributed by atoms with Gasteiger partial charge in [0.1, 0.15) is 5.75 Å². The lowest BCUT2D eigenvalue weighted by molar-refractivity contribution is -0.124. The van der Waals surface area contributed by atoms with E-state index in [0.29, 0.717) is 25.3 Å². The van der Waals surface area contributed by atoms with E-state index < -0.39 is 5.92 Å². The summed E-state index contributed by atoms with van der Waals surface area (Å²) in [6, 6.07) is 18.6. The number of ether oxygens (including phenoxy) is 2. The fraction of sp³-hybridized carbons (Fsp3) is 0.280. The van der Waals surface area contributed by atoms with Gasteiger partial charge in [-0.1, -0.05) is 36.4 Å². The van der Waals surface area contributed by atoms with Gasteiger partial charge in [-0.05, 0) is 40.8 Å².